The normalized spacial score (nSPS) is 13.3. The second-order valence-corrected chi connectivity index (χ2v) is 6.77. The number of fused-ring (bicyclic) bond motifs is 1. The highest BCUT2D eigenvalue weighted by molar-refractivity contribution is 5.86. The smallest absolute Gasteiger partial charge is 0.237 e. The lowest BCUT2D eigenvalue weighted by Crippen LogP contribution is -2.42. The minimum Gasteiger partial charge on any atom is -0.361 e. The van der Waals surface area contributed by atoms with Crippen molar-refractivity contribution >= 4 is 16.8 Å². The first-order valence-corrected chi connectivity index (χ1v) is 7.45. The molecule has 2 rings (SSSR count). The van der Waals surface area contributed by atoms with E-state index in [9.17, 15) is 4.79 Å². The predicted molar refractivity (Wildman–Crippen MR) is 87.1 cm³/mol. The van der Waals surface area contributed by atoms with Gasteiger partial charge in [-0.2, -0.15) is 0 Å². The maximum Gasteiger partial charge on any atom is 0.237 e. The number of aromatic amines is 1. The molecule has 0 radical (unpaired) electrons. The van der Waals surface area contributed by atoms with Crippen LogP contribution in [0.5, 0.6) is 0 Å². The summed E-state index contributed by atoms with van der Waals surface area (Å²) in [4.78, 5) is 15.3. The lowest BCUT2D eigenvalue weighted by Gasteiger charge is -2.19. The van der Waals surface area contributed by atoms with Crippen LogP contribution in [0.4, 0.5) is 0 Å². The number of rotatable bonds is 5. The van der Waals surface area contributed by atoms with Gasteiger partial charge in [-0.15, -0.1) is 0 Å². The summed E-state index contributed by atoms with van der Waals surface area (Å²) in [6.07, 6.45) is 3.43. The van der Waals surface area contributed by atoms with Crippen LogP contribution in [0.15, 0.2) is 30.5 Å². The molecule has 0 bridgehead atoms. The molecular weight excluding hydrogens is 262 g/mol. The lowest BCUT2D eigenvalue weighted by molar-refractivity contribution is -0.122. The van der Waals surface area contributed by atoms with Crippen molar-refractivity contribution in [2.24, 2.45) is 11.1 Å². The average molecular weight is 287 g/mol. The molecule has 1 heterocycles. The van der Waals surface area contributed by atoms with Crippen LogP contribution in [-0.2, 0) is 11.2 Å². The van der Waals surface area contributed by atoms with Gasteiger partial charge in [0, 0.05) is 23.6 Å². The summed E-state index contributed by atoms with van der Waals surface area (Å²) in [7, 11) is 0. The van der Waals surface area contributed by atoms with Gasteiger partial charge in [0.2, 0.25) is 5.91 Å². The first-order valence-electron chi connectivity index (χ1n) is 7.45. The van der Waals surface area contributed by atoms with Crippen LogP contribution in [0, 0.1) is 5.41 Å². The third-order valence-electron chi connectivity index (χ3n) is 3.63. The summed E-state index contributed by atoms with van der Waals surface area (Å²) in [5.74, 6) is -0.0791. The van der Waals surface area contributed by atoms with Gasteiger partial charge in [0.05, 0.1) is 6.04 Å². The second-order valence-electron chi connectivity index (χ2n) is 6.77. The predicted octanol–water partition coefficient (Wildman–Crippen LogP) is 2.59. The maximum absolute atomic E-state index is 12.0. The molecule has 114 valence electrons. The molecule has 21 heavy (non-hydrogen) atoms. The molecule has 0 aliphatic heterocycles. The number of nitrogens with one attached hydrogen (secondary N) is 2. The van der Waals surface area contributed by atoms with E-state index in [4.69, 9.17) is 5.73 Å². The van der Waals surface area contributed by atoms with Crippen LogP contribution in [0.1, 0.15) is 32.8 Å². The fourth-order valence-corrected chi connectivity index (χ4v) is 2.32. The van der Waals surface area contributed by atoms with Crippen LogP contribution in [0.3, 0.4) is 0 Å². The molecule has 1 aromatic carbocycles. The van der Waals surface area contributed by atoms with Crippen molar-refractivity contribution in [3.05, 3.63) is 36.0 Å². The third-order valence-corrected chi connectivity index (χ3v) is 3.63. The van der Waals surface area contributed by atoms with Gasteiger partial charge in [0.1, 0.15) is 0 Å². The summed E-state index contributed by atoms with van der Waals surface area (Å²) >= 11 is 0. The van der Waals surface area contributed by atoms with Gasteiger partial charge in [-0.1, -0.05) is 39.0 Å². The molecule has 4 nitrogen and oxygen atoms in total. The van der Waals surface area contributed by atoms with Crippen molar-refractivity contribution in [1.29, 1.82) is 0 Å². The first-order chi connectivity index (χ1) is 9.87. The number of hydrogen-bond acceptors (Lipinski definition) is 2. The van der Waals surface area contributed by atoms with Gasteiger partial charge in [-0.05, 0) is 29.9 Å². The van der Waals surface area contributed by atoms with Gasteiger partial charge in [-0.25, -0.2) is 0 Å². The zero-order valence-electron chi connectivity index (χ0n) is 13.1. The molecule has 0 unspecified atom stereocenters. The molecule has 1 atom stereocenters. The Morgan fingerprint density at radius 1 is 1.33 bits per heavy atom. The van der Waals surface area contributed by atoms with Gasteiger partial charge in [-0.3, -0.25) is 4.79 Å². The Labute approximate surface area is 126 Å². The molecule has 0 aliphatic carbocycles. The van der Waals surface area contributed by atoms with E-state index in [0.717, 1.165) is 22.9 Å². The van der Waals surface area contributed by atoms with Crippen LogP contribution < -0.4 is 11.1 Å². The van der Waals surface area contributed by atoms with Gasteiger partial charge in [0.25, 0.3) is 0 Å². The Balaban J connectivity index is 1.92. The van der Waals surface area contributed by atoms with E-state index in [1.807, 2.05) is 30.5 Å². The van der Waals surface area contributed by atoms with E-state index in [1.165, 1.54) is 0 Å². The molecule has 2 aromatic rings. The van der Waals surface area contributed by atoms with E-state index in [2.05, 4.69) is 31.1 Å². The molecule has 0 aliphatic rings. The van der Waals surface area contributed by atoms with Crippen LogP contribution in [0.25, 0.3) is 10.9 Å². The molecule has 0 saturated carbocycles. The molecule has 4 N–H and O–H groups in total. The monoisotopic (exact) mass is 287 g/mol. The maximum atomic E-state index is 12.0. The summed E-state index contributed by atoms with van der Waals surface area (Å²) < 4.78 is 0. The fraction of sp³-hybridized carbons (Fsp3) is 0.471. The minimum atomic E-state index is -0.510. The Hall–Kier alpha value is -1.81. The summed E-state index contributed by atoms with van der Waals surface area (Å²) in [6, 6.07) is 7.54. The Morgan fingerprint density at radius 3 is 2.76 bits per heavy atom. The van der Waals surface area contributed by atoms with Gasteiger partial charge >= 0.3 is 0 Å². The fourth-order valence-electron chi connectivity index (χ4n) is 2.32. The number of amides is 1. The zero-order chi connectivity index (χ0) is 15.5. The number of H-pyrrole nitrogens is 1. The van der Waals surface area contributed by atoms with Gasteiger partial charge in [0.15, 0.2) is 0 Å². The third kappa shape index (κ3) is 4.33. The number of carbonyl (C=O) groups excluding carboxylic acids is 1. The molecule has 4 heteroatoms. The van der Waals surface area contributed by atoms with Gasteiger partial charge < -0.3 is 16.0 Å². The summed E-state index contributed by atoms with van der Waals surface area (Å²) in [6.45, 7) is 7.14. The zero-order valence-corrected chi connectivity index (χ0v) is 13.1. The summed E-state index contributed by atoms with van der Waals surface area (Å²) in [5, 5.41) is 4.06. The topological polar surface area (TPSA) is 70.9 Å². The Kier molecular flexibility index (Phi) is 4.68. The molecule has 0 saturated heterocycles. The number of para-hydroxylation sites is 1. The number of carbonyl (C=O) groups is 1. The van der Waals surface area contributed by atoms with Crippen LogP contribution in [-0.4, -0.2) is 23.5 Å². The van der Waals surface area contributed by atoms with E-state index >= 15 is 0 Å². The molecule has 0 fully saturated rings. The standard InChI is InChI=1S/C17H25N3O/c1-17(2,3)8-9-19-16(21)14(18)10-12-11-20-15-7-5-4-6-13(12)15/h4-7,11,14,20H,8-10,18H2,1-3H3,(H,19,21)/t14-/m0/s1. The molecule has 1 amide bonds. The molecule has 1 aromatic heterocycles. The van der Waals surface area contributed by atoms with E-state index in [-0.39, 0.29) is 11.3 Å². The average Bonchev–Trinajstić information content (AvgIpc) is 2.80. The highest BCUT2D eigenvalue weighted by Gasteiger charge is 2.17. The lowest BCUT2D eigenvalue weighted by atomic mass is 9.92. The van der Waals surface area contributed by atoms with E-state index in [0.29, 0.717) is 13.0 Å². The summed E-state index contributed by atoms with van der Waals surface area (Å²) in [5.41, 5.74) is 8.40. The van der Waals surface area contributed by atoms with Crippen molar-refractivity contribution in [2.45, 2.75) is 39.7 Å². The van der Waals surface area contributed by atoms with Crippen molar-refractivity contribution in [1.82, 2.24) is 10.3 Å². The Bertz CT molecular complexity index is 610. The van der Waals surface area contributed by atoms with Crippen molar-refractivity contribution in [2.75, 3.05) is 6.54 Å². The number of nitrogens with two attached hydrogens (primary N) is 1. The molecule has 0 spiro atoms. The minimum absolute atomic E-state index is 0.0791. The number of hydrogen-bond donors (Lipinski definition) is 3. The highest BCUT2D eigenvalue weighted by atomic mass is 16.2. The van der Waals surface area contributed by atoms with Crippen LogP contribution in [0.2, 0.25) is 0 Å². The molecular formula is C17H25N3O. The highest BCUT2D eigenvalue weighted by Crippen LogP contribution is 2.19. The van der Waals surface area contributed by atoms with Crippen molar-refractivity contribution in [3.8, 4) is 0 Å². The van der Waals surface area contributed by atoms with E-state index in [1.54, 1.807) is 0 Å². The first kappa shape index (κ1) is 15.6. The number of aromatic nitrogens is 1. The largest absolute Gasteiger partial charge is 0.361 e. The Morgan fingerprint density at radius 2 is 2.05 bits per heavy atom. The van der Waals surface area contributed by atoms with Crippen molar-refractivity contribution in [3.63, 3.8) is 0 Å². The van der Waals surface area contributed by atoms with Crippen LogP contribution >= 0.6 is 0 Å². The van der Waals surface area contributed by atoms with E-state index < -0.39 is 6.04 Å². The van der Waals surface area contributed by atoms with Crippen molar-refractivity contribution < 1.29 is 4.79 Å². The quantitative estimate of drug-likeness (QED) is 0.791. The number of benzene rings is 1. The SMILES string of the molecule is CC(C)(C)CCNC(=O)[C@@H](N)Cc1c[nH]c2ccccc12. The second kappa shape index (κ2) is 6.31.